The fraction of sp³-hybridized carbons (Fsp3) is 0.296. The van der Waals surface area contributed by atoms with Gasteiger partial charge in [0.1, 0.15) is 5.54 Å². The Morgan fingerprint density at radius 3 is 1.80 bits per heavy atom. The Bertz CT molecular complexity index is 900. The molecule has 0 aromatic heterocycles. The molecule has 3 aromatic rings. The predicted molar refractivity (Wildman–Crippen MR) is 123 cm³/mol. The van der Waals surface area contributed by atoms with Gasteiger partial charge < -0.3 is 10.2 Å². The van der Waals surface area contributed by atoms with E-state index in [2.05, 4.69) is 76.9 Å². The van der Waals surface area contributed by atoms with Crippen LogP contribution in [0.4, 0.5) is 5.69 Å². The predicted octanol–water partition coefficient (Wildman–Crippen LogP) is 5.68. The number of anilines is 1. The lowest BCUT2D eigenvalue weighted by atomic mass is 9.86. The maximum absolute atomic E-state index is 9.87. The Balaban J connectivity index is 1.38. The highest BCUT2D eigenvalue weighted by Crippen LogP contribution is 2.30. The molecule has 4 rings (SSSR count). The molecule has 30 heavy (non-hydrogen) atoms. The molecule has 0 atom stereocenters. The lowest BCUT2D eigenvalue weighted by Crippen LogP contribution is -2.48. The lowest BCUT2D eigenvalue weighted by Gasteiger charge is -2.38. The van der Waals surface area contributed by atoms with Crippen LogP contribution in [0.2, 0.25) is 0 Å². The van der Waals surface area contributed by atoms with E-state index >= 15 is 0 Å². The Hall–Kier alpha value is -3.09. The van der Waals surface area contributed by atoms with Crippen molar-refractivity contribution in [1.29, 1.82) is 5.26 Å². The summed E-state index contributed by atoms with van der Waals surface area (Å²) in [4.78, 5) is 2.52. The Labute approximate surface area is 180 Å². The van der Waals surface area contributed by atoms with Crippen molar-refractivity contribution in [3.8, 4) is 6.07 Å². The van der Waals surface area contributed by atoms with Gasteiger partial charge in [-0.25, -0.2) is 0 Å². The van der Waals surface area contributed by atoms with Crippen LogP contribution in [0.5, 0.6) is 0 Å². The summed E-state index contributed by atoms with van der Waals surface area (Å²) < 4.78 is 0. The fourth-order valence-corrected chi connectivity index (χ4v) is 4.43. The van der Waals surface area contributed by atoms with Gasteiger partial charge in [-0.1, -0.05) is 78.9 Å². The first-order valence-electron chi connectivity index (χ1n) is 10.8. The van der Waals surface area contributed by atoms with Gasteiger partial charge in [-0.05, 0) is 49.1 Å². The number of hydrogen-bond donors (Lipinski definition) is 1. The number of piperidine rings is 1. The number of hydrogen-bond acceptors (Lipinski definition) is 3. The minimum Gasteiger partial charge on any atom is -0.367 e. The zero-order valence-corrected chi connectivity index (χ0v) is 17.4. The average Bonchev–Trinajstić information content (AvgIpc) is 2.82. The van der Waals surface area contributed by atoms with Crippen molar-refractivity contribution >= 4 is 5.69 Å². The Morgan fingerprint density at radius 2 is 1.30 bits per heavy atom. The van der Waals surface area contributed by atoms with E-state index in [9.17, 15) is 5.26 Å². The summed E-state index contributed by atoms with van der Waals surface area (Å²) in [6.45, 7) is 2.94. The van der Waals surface area contributed by atoms with Crippen LogP contribution in [0.15, 0.2) is 91.0 Å². The molecular weight excluding hydrogens is 366 g/mol. The first kappa shape index (κ1) is 20.2. The topological polar surface area (TPSA) is 39.1 Å². The summed E-state index contributed by atoms with van der Waals surface area (Å²) in [6.07, 6.45) is 2.78. The molecule has 1 aliphatic heterocycles. The normalized spacial score (nSPS) is 16.1. The number of nitrogens with one attached hydrogen (secondary N) is 1. The van der Waals surface area contributed by atoms with Gasteiger partial charge in [0.25, 0.3) is 0 Å². The van der Waals surface area contributed by atoms with E-state index in [0.29, 0.717) is 5.92 Å². The van der Waals surface area contributed by atoms with Gasteiger partial charge in [0.05, 0.1) is 6.07 Å². The van der Waals surface area contributed by atoms with E-state index in [1.165, 1.54) is 11.1 Å². The standard InChI is InChI=1S/C27H29N3/c28-22-27(29-25-14-8-3-9-15-25)17-20-30(21-18-27)19-16-26(23-10-4-1-5-11-23)24-12-6-2-7-13-24/h1-15,26,29H,16-21H2. The molecule has 0 amide bonds. The van der Waals surface area contributed by atoms with Crippen molar-refractivity contribution in [2.75, 3.05) is 25.0 Å². The molecule has 1 heterocycles. The van der Waals surface area contributed by atoms with Gasteiger partial charge >= 0.3 is 0 Å². The SMILES string of the molecule is N#CC1(Nc2ccccc2)CCN(CCC(c2ccccc2)c2ccccc2)CC1. The number of rotatable bonds is 7. The second kappa shape index (κ2) is 9.61. The lowest BCUT2D eigenvalue weighted by molar-refractivity contribution is 0.193. The van der Waals surface area contributed by atoms with Crippen LogP contribution < -0.4 is 5.32 Å². The van der Waals surface area contributed by atoms with Crippen molar-refractivity contribution in [2.24, 2.45) is 0 Å². The number of benzene rings is 3. The summed E-state index contributed by atoms with van der Waals surface area (Å²) >= 11 is 0. The maximum Gasteiger partial charge on any atom is 0.127 e. The minimum absolute atomic E-state index is 0.400. The molecular formula is C27H29N3. The van der Waals surface area contributed by atoms with E-state index in [4.69, 9.17) is 0 Å². The molecule has 152 valence electrons. The molecule has 0 spiro atoms. The second-order valence-electron chi connectivity index (χ2n) is 8.19. The van der Waals surface area contributed by atoms with Crippen LogP contribution >= 0.6 is 0 Å². The van der Waals surface area contributed by atoms with E-state index in [1.54, 1.807) is 0 Å². The van der Waals surface area contributed by atoms with Crippen LogP contribution in [0.1, 0.15) is 36.3 Å². The minimum atomic E-state index is -0.462. The molecule has 0 saturated carbocycles. The first-order chi connectivity index (χ1) is 14.8. The van der Waals surface area contributed by atoms with Gasteiger partial charge in [-0.15, -0.1) is 0 Å². The number of para-hydroxylation sites is 1. The van der Waals surface area contributed by atoms with Gasteiger partial charge in [-0.3, -0.25) is 0 Å². The van der Waals surface area contributed by atoms with Gasteiger partial charge in [0.2, 0.25) is 0 Å². The smallest absolute Gasteiger partial charge is 0.127 e. The van der Waals surface area contributed by atoms with Gasteiger partial charge in [0.15, 0.2) is 0 Å². The van der Waals surface area contributed by atoms with E-state index in [-0.39, 0.29) is 0 Å². The first-order valence-corrected chi connectivity index (χ1v) is 10.8. The molecule has 3 nitrogen and oxygen atoms in total. The third-order valence-corrected chi connectivity index (χ3v) is 6.22. The van der Waals surface area contributed by atoms with Crippen molar-refractivity contribution in [3.63, 3.8) is 0 Å². The van der Waals surface area contributed by atoms with Crippen molar-refractivity contribution in [2.45, 2.75) is 30.7 Å². The summed E-state index contributed by atoms with van der Waals surface area (Å²) in [5.41, 5.74) is 3.31. The molecule has 0 bridgehead atoms. The summed E-state index contributed by atoms with van der Waals surface area (Å²) in [6, 6.07) is 34.3. The fourth-order valence-electron chi connectivity index (χ4n) is 4.43. The highest BCUT2D eigenvalue weighted by Gasteiger charge is 2.34. The highest BCUT2D eigenvalue weighted by molar-refractivity contribution is 5.47. The van der Waals surface area contributed by atoms with Crippen LogP contribution in [0.3, 0.4) is 0 Å². The number of nitriles is 1. The zero-order valence-electron chi connectivity index (χ0n) is 17.4. The second-order valence-corrected chi connectivity index (χ2v) is 8.19. The Kier molecular flexibility index (Phi) is 6.47. The third-order valence-electron chi connectivity index (χ3n) is 6.22. The average molecular weight is 396 g/mol. The molecule has 1 saturated heterocycles. The summed E-state index contributed by atoms with van der Waals surface area (Å²) in [7, 11) is 0. The quantitative estimate of drug-likeness (QED) is 0.559. The molecule has 1 fully saturated rings. The largest absolute Gasteiger partial charge is 0.367 e. The molecule has 1 N–H and O–H groups in total. The van der Waals surface area contributed by atoms with Crippen molar-refractivity contribution < 1.29 is 0 Å². The number of likely N-dealkylation sites (tertiary alicyclic amines) is 1. The molecule has 1 aliphatic rings. The van der Waals surface area contributed by atoms with Crippen molar-refractivity contribution in [3.05, 3.63) is 102 Å². The van der Waals surface area contributed by atoms with Crippen LogP contribution in [0.25, 0.3) is 0 Å². The van der Waals surface area contributed by atoms with Gasteiger partial charge in [-0.2, -0.15) is 5.26 Å². The van der Waals surface area contributed by atoms with Gasteiger partial charge in [0, 0.05) is 24.7 Å². The van der Waals surface area contributed by atoms with Crippen molar-refractivity contribution in [1.82, 2.24) is 4.90 Å². The van der Waals surface area contributed by atoms with Crippen LogP contribution in [-0.4, -0.2) is 30.1 Å². The summed E-state index contributed by atoms with van der Waals surface area (Å²) in [5.74, 6) is 0.400. The van der Waals surface area contributed by atoms with E-state index < -0.39 is 5.54 Å². The molecule has 0 aliphatic carbocycles. The molecule has 3 aromatic carbocycles. The van der Waals surface area contributed by atoms with Crippen LogP contribution in [0, 0.1) is 11.3 Å². The third kappa shape index (κ3) is 4.90. The maximum atomic E-state index is 9.87. The van der Waals surface area contributed by atoms with Crippen LogP contribution in [-0.2, 0) is 0 Å². The Morgan fingerprint density at radius 1 is 0.800 bits per heavy atom. The summed E-state index contributed by atoms with van der Waals surface area (Å²) in [5, 5.41) is 13.4. The molecule has 0 unspecified atom stereocenters. The highest BCUT2D eigenvalue weighted by atomic mass is 15.2. The zero-order chi connectivity index (χ0) is 20.7. The molecule has 3 heteroatoms. The van der Waals surface area contributed by atoms with E-state index in [1.807, 2.05) is 30.3 Å². The molecule has 0 radical (unpaired) electrons. The number of nitrogens with zero attached hydrogens (tertiary/aromatic N) is 2. The monoisotopic (exact) mass is 395 g/mol. The van der Waals surface area contributed by atoms with E-state index in [0.717, 1.165) is 44.6 Å².